The zero-order valence-electron chi connectivity index (χ0n) is 18.2. The van der Waals surface area contributed by atoms with Crippen LogP contribution in [0.5, 0.6) is 0 Å². The number of hydrogen-bond acceptors (Lipinski definition) is 2. The minimum Gasteiger partial charge on any atom is -0.352 e. The van der Waals surface area contributed by atoms with Crippen LogP contribution >= 0.6 is 23.2 Å². The third-order valence-corrected chi connectivity index (χ3v) is 6.90. The number of amides is 1. The number of hydrogen-bond donors (Lipinski definition) is 1. The van der Waals surface area contributed by atoms with Crippen LogP contribution in [-0.4, -0.2) is 21.8 Å². The second-order valence-electron chi connectivity index (χ2n) is 8.68. The largest absolute Gasteiger partial charge is 0.352 e. The highest BCUT2D eigenvalue weighted by molar-refractivity contribution is 6.31. The molecule has 0 bridgehead atoms. The molecule has 4 aromatic rings. The molecule has 0 unspecified atom stereocenters. The van der Waals surface area contributed by atoms with Crippen molar-refractivity contribution in [3.05, 3.63) is 82.5 Å². The van der Waals surface area contributed by atoms with Crippen molar-refractivity contribution in [2.45, 2.75) is 32.1 Å². The Morgan fingerprint density at radius 2 is 1.52 bits per heavy atom. The van der Waals surface area contributed by atoms with Gasteiger partial charge in [0.1, 0.15) is 5.65 Å². The van der Waals surface area contributed by atoms with Gasteiger partial charge in [-0.3, -0.25) is 9.20 Å². The van der Waals surface area contributed by atoms with Crippen molar-refractivity contribution < 1.29 is 4.79 Å². The van der Waals surface area contributed by atoms with Gasteiger partial charge in [0.25, 0.3) is 5.91 Å². The molecule has 1 fully saturated rings. The average molecular weight is 478 g/mol. The second kappa shape index (κ2) is 9.58. The molecule has 4 nitrogen and oxygen atoms in total. The fourth-order valence-electron chi connectivity index (χ4n) is 4.60. The summed E-state index contributed by atoms with van der Waals surface area (Å²) in [7, 11) is 0. The van der Waals surface area contributed by atoms with E-state index in [1.165, 1.54) is 32.1 Å². The lowest BCUT2D eigenvalue weighted by atomic mass is 9.89. The van der Waals surface area contributed by atoms with Gasteiger partial charge in [0.15, 0.2) is 0 Å². The van der Waals surface area contributed by atoms with Crippen LogP contribution in [-0.2, 0) is 0 Å². The lowest BCUT2D eigenvalue weighted by Gasteiger charge is -2.21. The highest BCUT2D eigenvalue weighted by atomic mass is 35.5. The molecule has 1 aliphatic carbocycles. The third-order valence-electron chi connectivity index (χ3n) is 6.39. The predicted molar refractivity (Wildman–Crippen MR) is 135 cm³/mol. The molecule has 2 heterocycles. The van der Waals surface area contributed by atoms with Crippen molar-refractivity contribution in [3.63, 3.8) is 0 Å². The summed E-state index contributed by atoms with van der Waals surface area (Å²) in [5.41, 5.74) is 5.05. The van der Waals surface area contributed by atoms with Gasteiger partial charge in [-0.25, -0.2) is 4.98 Å². The summed E-state index contributed by atoms with van der Waals surface area (Å²) in [5, 5.41) is 4.48. The van der Waals surface area contributed by atoms with Gasteiger partial charge in [0, 0.05) is 33.9 Å². The zero-order valence-corrected chi connectivity index (χ0v) is 19.7. The summed E-state index contributed by atoms with van der Waals surface area (Å²) >= 11 is 12.2. The molecule has 0 aliphatic heterocycles. The summed E-state index contributed by atoms with van der Waals surface area (Å²) in [6.45, 7) is 0.737. The number of nitrogens with zero attached hydrogens (tertiary/aromatic N) is 2. The SMILES string of the molecule is O=C(NCC1CCCCC1)c1ccc2nc(-c3ccc(Cl)cc3)c(-c3ccc(Cl)cc3)n2c1. The zero-order chi connectivity index (χ0) is 22.8. The number of nitrogens with one attached hydrogen (secondary N) is 1. The lowest BCUT2D eigenvalue weighted by Crippen LogP contribution is -2.30. The maximum absolute atomic E-state index is 13.0. The number of fused-ring (bicyclic) bond motifs is 1. The van der Waals surface area contributed by atoms with Gasteiger partial charge >= 0.3 is 0 Å². The van der Waals surface area contributed by atoms with Crippen molar-refractivity contribution >= 4 is 34.8 Å². The van der Waals surface area contributed by atoms with E-state index in [0.717, 1.165) is 34.7 Å². The van der Waals surface area contributed by atoms with Gasteiger partial charge in [0.2, 0.25) is 0 Å². The normalized spacial score (nSPS) is 14.5. The molecule has 0 spiro atoms. The number of carbonyl (C=O) groups excluding carboxylic acids is 1. The Morgan fingerprint density at radius 3 is 2.18 bits per heavy atom. The molecule has 168 valence electrons. The van der Waals surface area contributed by atoms with Crippen LogP contribution in [0.1, 0.15) is 42.5 Å². The van der Waals surface area contributed by atoms with E-state index in [9.17, 15) is 4.79 Å². The van der Waals surface area contributed by atoms with Gasteiger partial charge in [-0.1, -0.05) is 66.7 Å². The second-order valence-corrected chi connectivity index (χ2v) is 9.56. The predicted octanol–water partition coefficient (Wildman–Crippen LogP) is 7.29. The highest BCUT2D eigenvalue weighted by Gasteiger charge is 2.19. The summed E-state index contributed by atoms with van der Waals surface area (Å²) in [5.74, 6) is 0.534. The first-order valence-corrected chi connectivity index (χ1v) is 12.2. The van der Waals surface area contributed by atoms with E-state index in [4.69, 9.17) is 28.2 Å². The van der Waals surface area contributed by atoms with E-state index in [-0.39, 0.29) is 5.91 Å². The number of pyridine rings is 1. The molecule has 5 rings (SSSR count). The molecule has 2 aromatic carbocycles. The molecule has 1 aliphatic rings. The number of carbonyl (C=O) groups is 1. The smallest absolute Gasteiger partial charge is 0.252 e. The van der Waals surface area contributed by atoms with Crippen molar-refractivity contribution in [2.24, 2.45) is 5.92 Å². The first-order chi connectivity index (χ1) is 16.1. The molecule has 6 heteroatoms. The highest BCUT2D eigenvalue weighted by Crippen LogP contribution is 2.34. The summed E-state index contributed by atoms with van der Waals surface area (Å²) in [6.07, 6.45) is 8.12. The van der Waals surface area contributed by atoms with E-state index in [1.54, 1.807) is 0 Å². The van der Waals surface area contributed by atoms with E-state index < -0.39 is 0 Å². The summed E-state index contributed by atoms with van der Waals surface area (Å²) in [4.78, 5) is 17.8. The van der Waals surface area contributed by atoms with Crippen LogP contribution in [0.4, 0.5) is 0 Å². The third kappa shape index (κ3) is 4.78. The molecular formula is C27H25Cl2N3O. The Labute approximate surface area is 203 Å². The lowest BCUT2D eigenvalue weighted by molar-refractivity contribution is 0.0943. The number of benzene rings is 2. The van der Waals surface area contributed by atoms with Gasteiger partial charge in [0.05, 0.1) is 17.0 Å². The van der Waals surface area contributed by atoms with Gasteiger partial charge in [-0.2, -0.15) is 0 Å². The van der Waals surface area contributed by atoms with Crippen LogP contribution < -0.4 is 5.32 Å². The summed E-state index contributed by atoms with van der Waals surface area (Å²) in [6, 6.07) is 19.0. The fourth-order valence-corrected chi connectivity index (χ4v) is 4.85. The fraction of sp³-hybridized carbons (Fsp3) is 0.259. The number of halogens is 2. The van der Waals surface area contributed by atoms with Crippen LogP contribution in [0.2, 0.25) is 10.0 Å². The van der Waals surface area contributed by atoms with Crippen LogP contribution in [0.25, 0.3) is 28.2 Å². The van der Waals surface area contributed by atoms with Crippen molar-refractivity contribution in [2.75, 3.05) is 6.54 Å². The average Bonchev–Trinajstić information content (AvgIpc) is 3.23. The standard InChI is InChI=1S/C27H25Cl2N3O/c28-22-11-6-19(7-12-22)25-26(20-8-13-23(29)14-9-20)32-17-21(10-15-24(32)31-25)27(33)30-16-18-4-2-1-3-5-18/h6-15,17-18H,1-5,16H2,(H,30,33). The first-order valence-electron chi connectivity index (χ1n) is 11.4. The Kier molecular flexibility index (Phi) is 6.39. The quantitative estimate of drug-likeness (QED) is 0.328. The molecule has 0 radical (unpaired) electrons. The topological polar surface area (TPSA) is 46.4 Å². The van der Waals surface area contributed by atoms with Crippen molar-refractivity contribution in [1.82, 2.24) is 14.7 Å². The van der Waals surface area contributed by atoms with Crippen molar-refractivity contribution in [1.29, 1.82) is 0 Å². The molecule has 1 saturated carbocycles. The Balaban J connectivity index is 1.54. The minimum absolute atomic E-state index is 0.0497. The molecule has 0 atom stereocenters. The Morgan fingerprint density at radius 1 is 0.879 bits per heavy atom. The molecule has 0 saturated heterocycles. The van der Waals surface area contributed by atoms with Crippen LogP contribution in [0.3, 0.4) is 0 Å². The molecular weight excluding hydrogens is 453 g/mol. The van der Waals surface area contributed by atoms with E-state index >= 15 is 0 Å². The van der Waals surface area contributed by atoms with Crippen LogP contribution in [0, 0.1) is 5.92 Å². The maximum atomic E-state index is 13.0. The minimum atomic E-state index is -0.0497. The van der Waals surface area contributed by atoms with E-state index in [0.29, 0.717) is 21.5 Å². The number of rotatable bonds is 5. The van der Waals surface area contributed by atoms with Gasteiger partial charge in [-0.15, -0.1) is 0 Å². The Bertz CT molecular complexity index is 1270. The molecule has 1 N–H and O–H groups in total. The van der Waals surface area contributed by atoms with E-state index in [2.05, 4.69) is 5.32 Å². The summed E-state index contributed by atoms with van der Waals surface area (Å²) < 4.78 is 1.99. The molecule has 33 heavy (non-hydrogen) atoms. The monoisotopic (exact) mass is 477 g/mol. The van der Waals surface area contributed by atoms with E-state index in [1.807, 2.05) is 71.3 Å². The number of imidazole rings is 1. The van der Waals surface area contributed by atoms with Gasteiger partial charge < -0.3 is 5.32 Å². The van der Waals surface area contributed by atoms with Gasteiger partial charge in [-0.05, 0) is 55.2 Å². The number of aromatic nitrogens is 2. The maximum Gasteiger partial charge on any atom is 0.252 e. The molecule has 2 aromatic heterocycles. The first kappa shape index (κ1) is 22.0. The molecule has 1 amide bonds. The Hall–Kier alpha value is -2.82. The van der Waals surface area contributed by atoms with Crippen LogP contribution in [0.15, 0.2) is 66.9 Å². The van der Waals surface area contributed by atoms with Crippen molar-refractivity contribution in [3.8, 4) is 22.5 Å².